The van der Waals surface area contributed by atoms with Crippen LogP contribution in [0.15, 0.2) is 23.0 Å². The number of rotatable bonds is 6. The van der Waals surface area contributed by atoms with Crippen molar-refractivity contribution >= 4 is 5.97 Å². The van der Waals surface area contributed by atoms with Crippen LogP contribution in [-0.2, 0) is 11.2 Å². The van der Waals surface area contributed by atoms with Gasteiger partial charge in [-0.05, 0) is 72.9 Å². The number of methoxy groups -OCH3 is 1. The third-order valence-corrected chi connectivity index (χ3v) is 5.82. The molecule has 3 rings (SSSR count). The summed E-state index contributed by atoms with van der Waals surface area (Å²) in [5, 5.41) is 9.45. The van der Waals surface area contributed by atoms with Crippen LogP contribution in [0.25, 0.3) is 0 Å². The van der Waals surface area contributed by atoms with Crippen molar-refractivity contribution in [3.05, 3.63) is 67.6 Å². The minimum Gasteiger partial charge on any atom is -0.465 e. The van der Waals surface area contributed by atoms with Crippen LogP contribution in [-0.4, -0.2) is 18.1 Å². The number of hydrogen-bond acceptors (Lipinski definition) is 4. The highest BCUT2D eigenvalue weighted by molar-refractivity contribution is 5.90. The van der Waals surface area contributed by atoms with E-state index >= 15 is 0 Å². The van der Waals surface area contributed by atoms with E-state index in [-0.39, 0.29) is 17.4 Å². The van der Waals surface area contributed by atoms with Gasteiger partial charge in [0.2, 0.25) is 0 Å². The zero-order chi connectivity index (χ0) is 21.3. The van der Waals surface area contributed by atoms with E-state index in [1.807, 2.05) is 27.7 Å². The molecular formula is C24H28N2O3. The lowest BCUT2D eigenvalue weighted by Crippen LogP contribution is -2.23. The van der Waals surface area contributed by atoms with Crippen LogP contribution in [0, 0.1) is 24.2 Å². The highest BCUT2D eigenvalue weighted by atomic mass is 16.5. The zero-order valence-electron chi connectivity index (χ0n) is 17.8. The van der Waals surface area contributed by atoms with Crippen LogP contribution in [0.3, 0.4) is 0 Å². The summed E-state index contributed by atoms with van der Waals surface area (Å²) >= 11 is 0. The fourth-order valence-electron chi connectivity index (χ4n) is 4.11. The van der Waals surface area contributed by atoms with Gasteiger partial charge in [-0.2, -0.15) is 5.26 Å². The number of carbonyl (C=O) groups excluding carboxylic acids is 1. The molecule has 1 atom stereocenters. The molecule has 5 nitrogen and oxygen atoms in total. The minimum atomic E-state index is -0.472. The number of H-pyrrole nitrogens is 1. The number of aromatic nitrogens is 1. The molecule has 0 bridgehead atoms. The van der Waals surface area contributed by atoms with Crippen LogP contribution >= 0.6 is 0 Å². The Morgan fingerprint density at radius 1 is 1.24 bits per heavy atom. The second-order valence-electron chi connectivity index (χ2n) is 8.36. The van der Waals surface area contributed by atoms with Gasteiger partial charge in [0.1, 0.15) is 0 Å². The molecule has 1 N–H and O–H groups in total. The number of ether oxygens (including phenoxy) is 1. The Kier molecular flexibility index (Phi) is 5.93. The predicted molar refractivity (Wildman–Crippen MR) is 112 cm³/mol. The summed E-state index contributed by atoms with van der Waals surface area (Å²) in [4.78, 5) is 28.0. The lowest BCUT2D eigenvalue weighted by molar-refractivity contribution is 0.0600. The number of carbonyl (C=O) groups is 1. The molecule has 0 amide bonds. The molecule has 1 aliphatic rings. The number of aromatic amines is 1. The Morgan fingerprint density at radius 2 is 1.93 bits per heavy atom. The van der Waals surface area contributed by atoms with E-state index in [1.165, 1.54) is 25.5 Å². The van der Waals surface area contributed by atoms with E-state index in [0.29, 0.717) is 17.0 Å². The number of nitrogens with zero attached hydrogens (tertiary/aromatic N) is 1. The molecule has 0 saturated heterocycles. The smallest absolute Gasteiger partial charge is 0.337 e. The first-order valence-corrected chi connectivity index (χ1v) is 10.2. The minimum absolute atomic E-state index is 0.0523. The summed E-state index contributed by atoms with van der Waals surface area (Å²) in [5.41, 5.74) is 5.50. The molecule has 2 aromatic rings. The first-order valence-electron chi connectivity index (χ1n) is 10.2. The summed E-state index contributed by atoms with van der Waals surface area (Å²) < 4.78 is 4.86. The van der Waals surface area contributed by atoms with Gasteiger partial charge in [-0.1, -0.05) is 20.8 Å². The zero-order valence-corrected chi connectivity index (χ0v) is 17.8. The van der Waals surface area contributed by atoms with E-state index in [2.05, 4.69) is 11.1 Å². The van der Waals surface area contributed by atoms with Gasteiger partial charge in [-0.25, -0.2) is 4.79 Å². The predicted octanol–water partition coefficient (Wildman–Crippen LogP) is 4.57. The molecule has 1 aromatic heterocycles. The van der Waals surface area contributed by atoms with E-state index < -0.39 is 5.97 Å². The molecule has 1 saturated carbocycles. The molecule has 0 spiro atoms. The molecule has 1 aromatic carbocycles. The third-order valence-electron chi connectivity index (χ3n) is 5.82. The van der Waals surface area contributed by atoms with Gasteiger partial charge in [0.25, 0.3) is 5.56 Å². The molecule has 1 heterocycles. The SMILES string of the molecule is COC(=O)c1cc(C#N)cc(C(C)c2c(CC3CC3)c(C)[nH]c(=O)c2C(C)C)c1. The summed E-state index contributed by atoms with van der Waals surface area (Å²) in [6.07, 6.45) is 3.39. The number of hydrogen-bond donors (Lipinski definition) is 1. The van der Waals surface area contributed by atoms with Crippen molar-refractivity contribution in [1.29, 1.82) is 5.26 Å². The molecule has 0 aliphatic heterocycles. The van der Waals surface area contributed by atoms with Crippen LogP contribution in [0.4, 0.5) is 0 Å². The number of aryl methyl sites for hydroxylation is 1. The maximum absolute atomic E-state index is 12.9. The van der Waals surface area contributed by atoms with E-state index in [9.17, 15) is 14.9 Å². The number of pyridine rings is 1. The average Bonchev–Trinajstić information content (AvgIpc) is 3.51. The molecule has 1 fully saturated rings. The maximum atomic E-state index is 12.9. The fourth-order valence-corrected chi connectivity index (χ4v) is 4.11. The van der Waals surface area contributed by atoms with Crippen LogP contribution in [0.2, 0.25) is 0 Å². The van der Waals surface area contributed by atoms with Gasteiger partial charge in [-0.15, -0.1) is 0 Å². The summed E-state index contributed by atoms with van der Waals surface area (Å²) in [6, 6.07) is 7.26. The topological polar surface area (TPSA) is 82.9 Å². The monoisotopic (exact) mass is 392 g/mol. The van der Waals surface area contributed by atoms with Gasteiger partial charge >= 0.3 is 5.97 Å². The number of nitriles is 1. The first-order chi connectivity index (χ1) is 13.8. The van der Waals surface area contributed by atoms with Gasteiger partial charge in [0, 0.05) is 17.2 Å². The fraction of sp³-hybridized carbons (Fsp3) is 0.458. The highest BCUT2D eigenvalue weighted by Crippen LogP contribution is 2.39. The first kappa shape index (κ1) is 20.9. The van der Waals surface area contributed by atoms with Crippen LogP contribution in [0.1, 0.15) is 89.3 Å². The Balaban J connectivity index is 2.23. The summed E-state index contributed by atoms with van der Waals surface area (Å²) in [6.45, 7) is 8.07. The van der Waals surface area contributed by atoms with Gasteiger partial charge in [0.15, 0.2) is 0 Å². The van der Waals surface area contributed by atoms with E-state index in [1.54, 1.807) is 18.2 Å². The van der Waals surface area contributed by atoms with Crippen molar-refractivity contribution in [2.75, 3.05) is 7.11 Å². The Bertz CT molecular complexity index is 1040. The molecular weight excluding hydrogens is 364 g/mol. The van der Waals surface area contributed by atoms with Crippen molar-refractivity contribution in [3.8, 4) is 6.07 Å². The number of benzene rings is 1. The normalized spacial score (nSPS) is 14.5. The summed E-state index contributed by atoms with van der Waals surface area (Å²) in [7, 11) is 1.33. The second-order valence-corrected chi connectivity index (χ2v) is 8.36. The van der Waals surface area contributed by atoms with Crippen LogP contribution in [0.5, 0.6) is 0 Å². The quantitative estimate of drug-likeness (QED) is 0.730. The van der Waals surface area contributed by atoms with E-state index in [4.69, 9.17) is 4.74 Å². The summed E-state index contributed by atoms with van der Waals surface area (Å²) in [5.74, 6) is 0.134. The second kappa shape index (κ2) is 8.24. The molecule has 5 heteroatoms. The van der Waals surface area contributed by atoms with Crippen molar-refractivity contribution in [3.63, 3.8) is 0 Å². The Morgan fingerprint density at radius 3 is 2.48 bits per heavy atom. The molecule has 29 heavy (non-hydrogen) atoms. The molecule has 152 valence electrons. The van der Waals surface area contributed by atoms with Gasteiger partial charge in [0.05, 0.1) is 24.3 Å². The van der Waals surface area contributed by atoms with Crippen molar-refractivity contribution in [1.82, 2.24) is 4.98 Å². The van der Waals surface area contributed by atoms with Gasteiger partial charge in [-0.3, -0.25) is 4.79 Å². The third kappa shape index (κ3) is 4.27. The maximum Gasteiger partial charge on any atom is 0.337 e. The standard InChI is InChI=1S/C24H28N2O3/c1-13(2)21-22(20(10-16-6-7-16)15(4)26-23(21)27)14(3)18-8-17(12-25)9-19(11-18)24(28)29-5/h8-9,11,13-14,16H,6-7,10H2,1-5H3,(H,26,27). The molecule has 1 unspecified atom stereocenters. The van der Waals surface area contributed by atoms with E-state index in [0.717, 1.165) is 28.8 Å². The van der Waals surface area contributed by atoms with Gasteiger partial charge < -0.3 is 9.72 Å². The van der Waals surface area contributed by atoms with Crippen LogP contribution < -0.4 is 5.56 Å². The average molecular weight is 392 g/mol. The molecule has 1 aliphatic carbocycles. The lowest BCUT2D eigenvalue weighted by atomic mass is 9.81. The number of esters is 1. The Hall–Kier alpha value is -2.87. The number of nitrogens with one attached hydrogen (secondary N) is 1. The largest absolute Gasteiger partial charge is 0.465 e. The Labute approximate surface area is 171 Å². The lowest BCUT2D eigenvalue weighted by Gasteiger charge is -2.24. The van der Waals surface area contributed by atoms with Crippen molar-refractivity contribution < 1.29 is 9.53 Å². The highest BCUT2D eigenvalue weighted by Gasteiger charge is 2.29. The molecule has 0 radical (unpaired) electrons. The van der Waals surface area contributed by atoms with Crippen molar-refractivity contribution in [2.45, 2.75) is 58.8 Å². The van der Waals surface area contributed by atoms with Crippen molar-refractivity contribution in [2.24, 2.45) is 5.92 Å².